The summed E-state index contributed by atoms with van der Waals surface area (Å²) in [4.78, 5) is 24.0. The smallest absolute Gasteiger partial charge is 0.416 e. The van der Waals surface area contributed by atoms with Crippen LogP contribution in [0.15, 0.2) is 54.6 Å². The molecule has 0 aliphatic carbocycles. The summed E-state index contributed by atoms with van der Waals surface area (Å²) in [5.74, 6) is -2.92. The van der Waals surface area contributed by atoms with E-state index < -0.39 is 42.1 Å². The molecule has 0 radical (unpaired) electrons. The number of fused-ring (bicyclic) bond motifs is 1. The van der Waals surface area contributed by atoms with Crippen LogP contribution in [-0.4, -0.2) is 23.0 Å². The van der Waals surface area contributed by atoms with Gasteiger partial charge in [0, 0.05) is 10.9 Å². The molecule has 32 heavy (non-hydrogen) atoms. The van der Waals surface area contributed by atoms with Crippen molar-refractivity contribution in [2.45, 2.75) is 32.2 Å². The van der Waals surface area contributed by atoms with Gasteiger partial charge >= 0.3 is 12.1 Å². The summed E-state index contributed by atoms with van der Waals surface area (Å²) in [6.45, 7) is 1.17. The molecule has 3 aromatic carbocycles. The maximum Gasteiger partial charge on any atom is 0.416 e. The van der Waals surface area contributed by atoms with Gasteiger partial charge in [0.2, 0.25) is 0 Å². The van der Waals surface area contributed by atoms with E-state index in [0.717, 1.165) is 12.1 Å². The SMILES string of the molecule is CCC(NC(=O)c1ccc2ccccc2c1OCc1ccc(C(F)(F)F)cc1F)C(=O)O. The summed E-state index contributed by atoms with van der Waals surface area (Å²) < 4.78 is 58.3. The number of rotatable bonds is 7. The molecule has 9 heteroatoms. The predicted octanol–water partition coefficient (Wildman–Crippen LogP) is 5.17. The minimum atomic E-state index is -4.68. The third-order valence-corrected chi connectivity index (χ3v) is 4.89. The van der Waals surface area contributed by atoms with Crippen molar-refractivity contribution < 1.29 is 37.0 Å². The monoisotopic (exact) mass is 449 g/mol. The van der Waals surface area contributed by atoms with Crippen LogP contribution < -0.4 is 10.1 Å². The molecule has 1 amide bonds. The van der Waals surface area contributed by atoms with Crippen molar-refractivity contribution in [3.63, 3.8) is 0 Å². The van der Waals surface area contributed by atoms with E-state index in [1.807, 2.05) is 0 Å². The van der Waals surface area contributed by atoms with E-state index in [1.165, 1.54) is 6.07 Å². The van der Waals surface area contributed by atoms with Crippen LogP contribution in [0.5, 0.6) is 5.75 Å². The lowest BCUT2D eigenvalue weighted by Crippen LogP contribution is -2.40. The van der Waals surface area contributed by atoms with Crippen LogP contribution in [-0.2, 0) is 17.6 Å². The molecule has 2 N–H and O–H groups in total. The van der Waals surface area contributed by atoms with Crippen molar-refractivity contribution in [2.24, 2.45) is 0 Å². The zero-order valence-electron chi connectivity index (χ0n) is 16.9. The molecule has 0 saturated carbocycles. The molecule has 1 atom stereocenters. The number of benzene rings is 3. The number of alkyl halides is 3. The minimum absolute atomic E-state index is 0.0238. The summed E-state index contributed by atoms with van der Waals surface area (Å²) in [5, 5.41) is 12.8. The summed E-state index contributed by atoms with van der Waals surface area (Å²) in [6.07, 6.45) is -4.53. The number of halogens is 4. The Hall–Kier alpha value is -3.62. The molecule has 168 valence electrons. The third-order valence-electron chi connectivity index (χ3n) is 4.89. The molecule has 0 saturated heterocycles. The highest BCUT2D eigenvalue weighted by Gasteiger charge is 2.31. The average molecular weight is 449 g/mol. The number of nitrogens with one attached hydrogen (secondary N) is 1. The van der Waals surface area contributed by atoms with Crippen LogP contribution in [0.4, 0.5) is 17.6 Å². The van der Waals surface area contributed by atoms with E-state index in [1.54, 1.807) is 37.3 Å². The van der Waals surface area contributed by atoms with Crippen LogP contribution in [0.25, 0.3) is 10.8 Å². The molecule has 0 bridgehead atoms. The van der Waals surface area contributed by atoms with Gasteiger partial charge in [-0.1, -0.05) is 43.3 Å². The Bertz CT molecular complexity index is 1160. The Balaban J connectivity index is 1.95. The molecule has 0 spiro atoms. The molecule has 0 aliphatic rings. The quantitative estimate of drug-likeness (QED) is 0.488. The lowest BCUT2D eigenvalue weighted by atomic mass is 10.0. The first-order valence-electron chi connectivity index (χ1n) is 9.65. The second kappa shape index (κ2) is 9.25. The Kier molecular flexibility index (Phi) is 6.67. The van der Waals surface area contributed by atoms with Crippen molar-refractivity contribution >= 4 is 22.6 Å². The first-order valence-corrected chi connectivity index (χ1v) is 9.65. The summed E-state index contributed by atoms with van der Waals surface area (Å²) >= 11 is 0. The largest absolute Gasteiger partial charge is 0.487 e. The Morgan fingerprint density at radius 2 is 1.81 bits per heavy atom. The normalized spacial score (nSPS) is 12.4. The number of amides is 1. The van der Waals surface area contributed by atoms with Crippen molar-refractivity contribution in [3.8, 4) is 5.75 Å². The number of carboxylic acid groups (broad SMARTS) is 1. The first kappa shape index (κ1) is 23.1. The van der Waals surface area contributed by atoms with Crippen LogP contribution in [0.2, 0.25) is 0 Å². The fourth-order valence-electron chi connectivity index (χ4n) is 3.14. The molecule has 0 aliphatic heterocycles. The van der Waals surface area contributed by atoms with Crippen LogP contribution in [0, 0.1) is 5.82 Å². The molecule has 1 unspecified atom stereocenters. The zero-order valence-corrected chi connectivity index (χ0v) is 16.9. The van der Waals surface area contributed by atoms with Crippen LogP contribution in [0.3, 0.4) is 0 Å². The highest BCUT2D eigenvalue weighted by atomic mass is 19.4. The van der Waals surface area contributed by atoms with Crippen LogP contribution >= 0.6 is 0 Å². The molecular formula is C23H19F4NO4. The van der Waals surface area contributed by atoms with E-state index in [4.69, 9.17) is 4.74 Å². The van der Waals surface area contributed by atoms with Crippen molar-refractivity contribution in [3.05, 3.63) is 77.1 Å². The summed E-state index contributed by atoms with van der Waals surface area (Å²) in [6, 6.07) is 11.0. The first-order chi connectivity index (χ1) is 15.1. The highest BCUT2D eigenvalue weighted by Crippen LogP contribution is 2.33. The average Bonchev–Trinajstić information content (AvgIpc) is 2.75. The van der Waals surface area contributed by atoms with Gasteiger partial charge in [-0.2, -0.15) is 13.2 Å². The number of hydrogen-bond donors (Lipinski definition) is 2. The van der Waals surface area contributed by atoms with E-state index in [2.05, 4.69) is 5.32 Å². The van der Waals surface area contributed by atoms with Gasteiger partial charge in [0.05, 0.1) is 11.1 Å². The highest BCUT2D eigenvalue weighted by molar-refractivity contribution is 6.04. The van der Waals surface area contributed by atoms with Crippen molar-refractivity contribution in [2.75, 3.05) is 0 Å². The van der Waals surface area contributed by atoms with E-state index in [9.17, 15) is 32.3 Å². The van der Waals surface area contributed by atoms with E-state index in [0.29, 0.717) is 16.8 Å². The second-order valence-electron chi connectivity index (χ2n) is 7.03. The number of hydrogen-bond acceptors (Lipinski definition) is 3. The lowest BCUT2D eigenvalue weighted by molar-refractivity contribution is -0.139. The van der Waals surface area contributed by atoms with Gasteiger partial charge in [0.15, 0.2) is 0 Å². The Labute approximate surface area is 180 Å². The second-order valence-corrected chi connectivity index (χ2v) is 7.03. The van der Waals surface area contributed by atoms with Gasteiger partial charge in [-0.3, -0.25) is 4.79 Å². The Morgan fingerprint density at radius 3 is 2.44 bits per heavy atom. The van der Waals surface area contributed by atoms with E-state index >= 15 is 0 Å². The topological polar surface area (TPSA) is 75.6 Å². The van der Waals surface area contributed by atoms with Gasteiger partial charge < -0.3 is 15.2 Å². The summed E-state index contributed by atoms with van der Waals surface area (Å²) in [5.41, 5.74) is -1.23. The Morgan fingerprint density at radius 1 is 1.09 bits per heavy atom. The number of aliphatic carboxylic acids is 1. The molecule has 0 fully saturated rings. The lowest BCUT2D eigenvalue weighted by Gasteiger charge is -2.17. The third kappa shape index (κ3) is 4.99. The predicted molar refractivity (Wildman–Crippen MR) is 109 cm³/mol. The molecule has 3 rings (SSSR count). The fourth-order valence-corrected chi connectivity index (χ4v) is 3.14. The zero-order chi connectivity index (χ0) is 23.5. The summed E-state index contributed by atoms with van der Waals surface area (Å²) in [7, 11) is 0. The van der Waals surface area contributed by atoms with Gasteiger partial charge in [-0.15, -0.1) is 0 Å². The number of carbonyl (C=O) groups excluding carboxylic acids is 1. The number of carboxylic acids is 1. The standard InChI is InChI=1S/C23H19F4NO4/c1-2-19(22(30)31)28-21(29)17-10-8-13-5-3-4-6-16(13)20(17)32-12-14-7-9-15(11-18(14)24)23(25,26)27/h3-11,19H,2,12H2,1H3,(H,28,29)(H,30,31). The minimum Gasteiger partial charge on any atom is -0.487 e. The number of carbonyl (C=O) groups is 2. The molecule has 5 nitrogen and oxygen atoms in total. The molecule has 0 aromatic heterocycles. The van der Waals surface area contributed by atoms with Gasteiger partial charge in [-0.05, 0) is 30.0 Å². The van der Waals surface area contributed by atoms with Crippen molar-refractivity contribution in [1.82, 2.24) is 5.32 Å². The van der Waals surface area contributed by atoms with Crippen LogP contribution in [0.1, 0.15) is 34.8 Å². The van der Waals surface area contributed by atoms with E-state index in [-0.39, 0.29) is 23.3 Å². The van der Waals surface area contributed by atoms with Gasteiger partial charge in [0.1, 0.15) is 24.2 Å². The maximum absolute atomic E-state index is 14.2. The van der Waals surface area contributed by atoms with Gasteiger partial charge in [0.25, 0.3) is 5.91 Å². The number of ether oxygens (including phenoxy) is 1. The van der Waals surface area contributed by atoms with Crippen molar-refractivity contribution in [1.29, 1.82) is 0 Å². The fraction of sp³-hybridized carbons (Fsp3) is 0.217. The molecule has 0 heterocycles. The molecule has 3 aromatic rings. The maximum atomic E-state index is 14.2. The molecular weight excluding hydrogens is 430 g/mol. The van der Waals surface area contributed by atoms with Gasteiger partial charge in [-0.25, -0.2) is 9.18 Å².